The van der Waals surface area contributed by atoms with Crippen LogP contribution in [0.1, 0.15) is 12.8 Å². The van der Waals surface area contributed by atoms with Gasteiger partial charge >= 0.3 is 0 Å². The fraction of sp³-hybridized carbons (Fsp3) is 0.300. The van der Waals surface area contributed by atoms with Gasteiger partial charge < -0.3 is 5.32 Å². The standard InChI is InChI=1S/C20H20ClN3O3S3/c1-28-16-5-2-6-17-18(16)22-20(29-17)23-19(25)13-4-3-11-24(12-13)30(26,27)15-9-7-14(21)8-10-15/h2,5-10,13H,3-4,11-12H2,1H3,(H,22,23,25). The number of carbonyl (C=O) groups excluding carboxylic acids is 1. The van der Waals surface area contributed by atoms with E-state index in [1.807, 2.05) is 24.5 Å². The van der Waals surface area contributed by atoms with E-state index in [-0.39, 0.29) is 17.3 Å². The summed E-state index contributed by atoms with van der Waals surface area (Å²) >= 11 is 8.90. The lowest BCUT2D eigenvalue weighted by molar-refractivity contribution is -0.120. The molecule has 1 fully saturated rings. The summed E-state index contributed by atoms with van der Waals surface area (Å²) in [6.07, 6.45) is 3.25. The Kier molecular flexibility index (Phi) is 6.36. The lowest BCUT2D eigenvalue weighted by atomic mass is 9.99. The number of para-hydroxylation sites is 1. The van der Waals surface area contributed by atoms with Crippen molar-refractivity contribution in [2.24, 2.45) is 5.92 Å². The molecule has 4 rings (SSSR count). The van der Waals surface area contributed by atoms with Crippen LogP contribution >= 0.6 is 34.7 Å². The third-order valence-electron chi connectivity index (χ3n) is 5.04. The summed E-state index contributed by atoms with van der Waals surface area (Å²) in [6, 6.07) is 12.0. The second kappa shape index (κ2) is 8.84. The summed E-state index contributed by atoms with van der Waals surface area (Å²) < 4.78 is 28.3. The van der Waals surface area contributed by atoms with E-state index >= 15 is 0 Å². The highest BCUT2D eigenvalue weighted by Crippen LogP contribution is 2.33. The maximum Gasteiger partial charge on any atom is 0.243 e. The van der Waals surface area contributed by atoms with Crippen LogP contribution in [0, 0.1) is 5.92 Å². The number of anilines is 1. The molecule has 1 aliphatic rings. The van der Waals surface area contributed by atoms with Crippen LogP contribution in [0.25, 0.3) is 10.2 Å². The van der Waals surface area contributed by atoms with Crippen LogP contribution in [0.15, 0.2) is 52.3 Å². The maximum absolute atomic E-state index is 13.0. The third kappa shape index (κ3) is 4.36. The minimum absolute atomic E-state index is 0.151. The molecule has 0 radical (unpaired) electrons. The molecule has 0 bridgehead atoms. The molecule has 6 nitrogen and oxygen atoms in total. The zero-order valence-electron chi connectivity index (χ0n) is 16.2. The lowest BCUT2D eigenvalue weighted by Crippen LogP contribution is -2.43. The summed E-state index contributed by atoms with van der Waals surface area (Å²) in [7, 11) is -3.67. The van der Waals surface area contributed by atoms with Gasteiger partial charge in [0, 0.05) is 23.0 Å². The van der Waals surface area contributed by atoms with Crippen LogP contribution in [0.5, 0.6) is 0 Å². The van der Waals surface area contributed by atoms with E-state index < -0.39 is 15.9 Å². The molecule has 3 aromatic rings. The molecule has 0 spiro atoms. The van der Waals surface area contributed by atoms with Crippen molar-refractivity contribution >= 4 is 66.0 Å². The quantitative estimate of drug-likeness (QED) is 0.534. The van der Waals surface area contributed by atoms with E-state index in [4.69, 9.17) is 11.6 Å². The number of thiazole rings is 1. The predicted octanol–water partition coefficient (Wildman–Crippen LogP) is 4.71. The third-order valence-corrected chi connectivity index (χ3v) is 8.87. The number of halogens is 1. The fourth-order valence-electron chi connectivity index (χ4n) is 3.48. The van der Waals surface area contributed by atoms with Crippen LogP contribution in [0.3, 0.4) is 0 Å². The van der Waals surface area contributed by atoms with Gasteiger partial charge in [0.2, 0.25) is 15.9 Å². The first-order chi connectivity index (χ1) is 14.4. The van der Waals surface area contributed by atoms with E-state index in [1.54, 1.807) is 23.9 Å². The van der Waals surface area contributed by atoms with Crippen LogP contribution in [-0.4, -0.2) is 43.0 Å². The number of carbonyl (C=O) groups is 1. The Morgan fingerprint density at radius 3 is 2.77 bits per heavy atom. The Morgan fingerprint density at radius 2 is 2.03 bits per heavy atom. The fourth-order valence-corrected chi connectivity index (χ4v) is 6.65. The maximum atomic E-state index is 13.0. The van der Waals surface area contributed by atoms with E-state index in [2.05, 4.69) is 10.3 Å². The van der Waals surface area contributed by atoms with Gasteiger partial charge in [-0.2, -0.15) is 4.31 Å². The molecule has 1 N–H and O–H groups in total. The molecule has 10 heteroatoms. The lowest BCUT2D eigenvalue weighted by Gasteiger charge is -2.31. The number of benzene rings is 2. The monoisotopic (exact) mass is 481 g/mol. The highest BCUT2D eigenvalue weighted by Gasteiger charge is 2.33. The number of rotatable bonds is 5. The summed E-state index contributed by atoms with van der Waals surface area (Å²) in [5, 5.41) is 3.91. The molecule has 0 saturated carbocycles. The number of hydrogen-bond acceptors (Lipinski definition) is 6. The summed E-state index contributed by atoms with van der Waals surface area (Å²) in [6.45, 7) is 0.546. The number of nitrogens with one attached hydrogen (secondary N) is 1. The molecule has 2 heterocycles. The summed E-state index contributed by atoms with van der Waals surface area (Å²) in [5.74, 6) is -0.622. The Bertz CT molecular complexity index is 1180. The van der Waals surface area contributed by atoms with Crippen LogP contribution < -0.4 is 5.32 Å². The zero-order valence-corrected chi connectivity index (χ0v) is 19.4. The van der Waals surface area contributed by atoms with Crippen molar-refractivity contribution < 1.29 is 13.2 Å². The van der Waals surface area contributed by atoms with Crippen molar-refractivity contribution in [1.29, 1.82) is 0 Å². The Morgan fingerprint density at radius 1 is 1.27 bits per heavy atom. The molecule has 1 atom stereocenters. The van der Waals surface area contributed by atoms with Gasteiger partial charge in [0.15, 0.2) is 5.13 Å². The molecule has 1 unspecified atom stereocenters. The highest BCUT2D eigenvalue weighted by molar-refractivity contribution is 7.98. The SMILES string of the molecule is CSc1cccc2sc(NC(=O)C3CCCN(S(=O)(=O)c4ccc(Cl)cc4)C3)nc12. The number of piperidine rings is 1. The first-order valence-electron chi connectivity index (χ1n) is 9.38. The summed E-state index contributed by atoms with van der Waals surface area (Å²) in [4.78, 5) is 18.7. The molecule has 158 valence electrons. The van der Waals surface area contributed by atoms with Gasteiger partial charge in [-0.15, -0.1) is 11.8 Å². The average Bonchev–Trinajstić information content (AvgIpc) is 3.16. The van der Waals surface area contributed by atoms with Gasteiger partial charge in [-0.3, -0.25) is 4.79 Å². The molecule has 1 amide bonds. The first-order valence-corrected chi connectivity index (χ1v) is 13.2. The number of nitrogens with zero attached hydrogens (tertiary/aromatic N) is 2. The van der Waals surface area contributed by atoms with Crippen molar-refractivity contribution in [3.63, 3.8) is 0 Å². The van der Waals surface area contributed by atoms with Crippen LogP contribution in [0.2, 0.25) is 5.02 Å². The minimum atomic E-state index is -3.67. The minimum Gasteiger partial charge on any atom is -0.302 e. The van der Waals surface area contributed by atoms with Crippen LogP contribution in [-0.2, 0) is 14.8 Å². The van der Waals surface area contributed by atoms with E-state index in [1.165, 1.54) is 27.8 Å². The normalized spacial score (nSPS) is 17.9. The second-order valence-electron chi connectivity index (χ2n) is 6.97. The molecule has 0 aliphatic carbocycles. The van der Waals surface area contributed by atoms with E-state index in [0.717, 1.165) is 15.1 Å². The number of fused-ring (bicyclic) bond motifs is 1. The number of sulfonamides is 1. The average molecular weight is 482 g/mol. The highest BCUT2D eigenvalue weighted by atomic mass is 35.5. The second-order valence-corrected chi connectivity index (χ2v) is 11.2. The van der Waals surface area contributed by atoms with Gasteiger partial charge in [0.1, 0.15) is 0 Å². The molecule has 1 aliphatic heterocycles. The molecular formula is C20H20ClN3O3S3. The van der Waals surface area contributed by atoms with Crippen molar-refractivity contribution in [3.05, 3.63) is 47.5 Å². The number of hydrogen-bond donors (Lipinski definition) is 1. The van der Waals surface area contributed by atoms with Gasteiger partial charge in [-0.1, -0.05) is 29.0 Å². The topological polar surface area (TPSA) is 79.4 Å². The molecule has 2 aromatic carbocycles. The van der Waals surface area contributed by atoms with Crippen molar-refractivity contribution in [3.8, 4) is 0 Å². The largest absolute Gasteiger partial charge is 0.302 e. The molecular weight excluding hydrogens is 462 g/mol. The van der Waals surface area contributed by atoms with Gasteiger partial charge in [-0.05, 0) is 55.5 Å². The molecule has 30 heavy (non-hydrogen) atoms. The Labute approximate surface area is 188 Å². The van der Waals surface area contributed by atoms with Gasteiger partial charge in [0.05, 0.1) is 21.0 Å². The number of amides is 1. The Balaban J connectivity index is 1.49. The predicted molar refractivity (Wildman–Crippen MR) is 123 cm³/mol. The molecule has 1 aromatic heterocycles. The van der Waals surface area contributed by atoms with Crippen LogP contribution in [0.4, 0.5) is 5.13 Å². The summed E-state index contributed by atoms with van der Waals surface area (Å²) in [5.41, 5.74) is 0.876. The van der Waals surface area contributed by atoms with E-state index in [9.17, 15) is 13.2 Å². The van der Waals surface area contributed by atoms with Crippen molar-refractivity contribution in [1.82, 2.24) is 9.29 Å². The number of thioether (sulfide) groups is 1. The Hall–Kier alpha value is -1.65. The number of aromatic nitrogens is 1. The van der Waals surface area contributed by atoms with Gasteiger partial charge in [0.25, 0.3) is 0 Å². The first kappa shape index (κ1) is 21.6. The smallest absolute Gasteiger partial charge is 0.243 e. The molecule has 1 saturated heterocycles. The van der Waals surface area contributed by atoms with E-state index in [0.29, 0.717) is 29.5 Å². The van der Waals surface area contributed by atoms with Gasteiger partial charge in [-0.25, -0.2) is 13.4 Å². The van der Waals surface area contributed by atoms with Crippen molar-refractivity contribution in [2.45, 2.75) is 22.6 Å². The van der Waals surface area contributed by atoms with Crippen molar-refractivity contribution in [2.75, 3.05) is 24.7 Å². The zero-order chi connectivity index (χ0) is 21.3.